The summed E-state index contributed by atoms with van der Waals surface area (Å²) in [7, 11) is 0. The molecule has 32 heavy (non-hydrogen) atoms. The van der Waals surface area contributed by atoms with Crippen molar-refractivity contribution in [2.24, 2.45) is 0 Å². The molecule has 1 N–H and O–H groups in total. The van der Waals surface area contributed by atoms with E-state index in [1.165, 1.54) is 19.1 Å². The number of nitrogens with one attached hydrogen (secondary N) is 1. The van der Waals surface area contributed by atoms with Gasteiger partial charge in [0.2, 0.25) is 0 Å². The van der Waals surface area contributed by atoms with E-state index in [0.29, 0.717) is 22.5 Å². The van der Waals surface area contributed by atoms with Gasteiger partial charge in [0.25, 0.3) is 11.6 Å². The monoisotopic (exact) mass is 426 g/mol. The molecule has 8 nitrogen and oxygen atoms in total. The largest absolute Gasteiger partial charge is 0.321 e. The number of rotatable bonds is 6. The van der Waals surface area contributed by atoms with Crippen LogP contribution in [0.4, 0.5) is 11.4 Å². The van der Waals surface area contributed by atoms with Gasteiger partial charge in [0.1, 0.15) is 5.69 Å². The van der Waals surface area contributed by atoms with Crippen LogP contribution >= 0.6 is 0 Å². The lowest BCUT2D eigenvalue weighted by Crippen LogP contribution is -2.14. The van der Waals surface area contributed by atoms with Gasteiger partial charge in [0.05, 0.1) is 21.9 Å². The van der Waals surface area contributed by atoms with Crippen molar-refractivity contribution in [3.05, 3.63) is 106 Å². The van der Waals surface area contributed by atoms with Crippen LogP contribution in [0.2, 0.25) is 0 Å². The van der Waals surface area contributed by atoms with E-state index in [1.54, 1.807) is 47.3 Å². The zero-order valence-corrected chi connectivity index (χ0v) is 17.1. The van der Waals surface area contributed by atoms with Crippen LogP contribution in [0.15, 0.2) is 85.1 Å². The van der Waals surface area contributed by atoms with Gasteiger partial charge in [-0.15, -0.1) is 0 Å². The van der Waals surface area contributed by atoms with E-state index in [9.17, 15) is 19.7 Å². The molecule has 0 aliphatic rings. The van der Waals surface area contributed by atoms with E-state index in [0.717, 1.165) is 5.69 Å². The van der Waals surface area contributed by atoms with E-state index in [2.05, 4.69) is 10.4 Å². The summed E-state index contributed by atoms with van der Waals surface area (Å²) < 4.78 is 1.57. The molecule has 1 amide bonds. The molecular weight excluding hydrogens is 408 g/mol. The minimum absolute atomic E-state index is 0.0578. The maximum atomic E-state index is 13.2. The third-order valence-electron chi connectivity index (χ3n) is 4.89. The molecule has 0 spiro atoms. The quantitative estimate of drug-likeness (QED) is 0.268. The Morgan fingerprint density at radius 1 is 0.906 bits per heavy atom. The van der Waals surface area contributed by atoms with Crippen molar-refractivity contribution >= 4 is 23.1 Å². The average Bonchev–Trinajstić information content (AvgIpc) is 3.26. The molecule has 158 valence electrons. The van der Waals surface area contributed by atoms with Crippen LogP contribution in [-0.2, 0) is 0 Å². The normalized spacial score (nSPS) is 10.5. The van der Waals surface area contributed by atoms with Crippen LogP contribution in [0.5, 0.6) is 0 Å². The van der Waals surface area contributed by atoms with Gasteiger partial charge in [0, 0.05) is 29.5 Å². The first-order valence-corrected chi connectivity index (χ1v) is 9.75. The maximum absolute atomic E-state index is 13.2. The number of aromatic nitrogens is 2. The number of para-hydroxylation sites is 2. The van der Waals surface area contributed by atoms with Crippen molar-refractivity contribution in [2.45, 2.75) is 6.92 Å². The molecule has 0 atom stereocenters. The molecule has 0 fully saturated rings. The van der Waals surface area contributed by atoms with E-state index in [4.69, 9.17) is 0 Å². The number of nitro benzene ring substituents is 1. The predicted molar refractivity (Wildman–Crippen MR) is 120 cm³/mol. The Labute approximate surface area is 183 Å². The van der Waals surface area contributed by atoms with Crippen molar-refractivity contribution in [1.82, 2.24) is 9.78 Å². The highest BCUT2D eigenvalue weighted by molar-refractivity contribution is 6.11. The number of non-ortho nitro benzene ring substituents is 1. The van der Waals surface area contributed by atoms with Crippen LogP contribution in [0.3, 0.4) is 0 Å². The molecule has 3 aromatic carbocycles. The number of carbonyl (C=O) groups is 2. The molecule has 0 bridgehead atoms. The second-order valence-corrected chi connectivity index (χ2v) is 7.03. The first-order chi connectivity index (χ1) is 15.4. The van der Waals surface area contributed by atoms with Crippen LogP contribution in [0, 0.1) is 10.1 Å². The van der Waals surface area contributed by atoms with Gasteiger partial charge >= 0.3 is 0 Å². The number of anilines is 1. The molecule has 0 aliphatic heterocycles. The zero-order valence-electron chi connectivity index (χ0n) is 17.1. The number of Topliss-reactive ketones (excluding diaryl/α,β-unsaturated/α-hetero) is 1. The fourth-order valence-electron chi connectivity index (χ4n) is 3.30. The number of nitrogens with zero attached hydrogens (tertiary/aromatic N) is 3. The molecule has 0 saturated heterocycles. The fourth-order valence-corrected chi connectivity index (χ4v) is 3.30. The van der Waals surface area contributed by atoms with E-state index in [-0.39, 0.29) is 17.0 Å². The highest BCUT2D eigenvalue weighted by Crippen LogP contribution is 2.27. The van der Waals surface area contributed by atoms with Crippen LogP contribution in [-0.4, -0.2) is 26.4 Å². The topological polar surface area (TPSA) is 107 Å². The summed E-state index contributed by atoms with van der Waals surface area (Å²) in [5, 5.41) is 18.4. The van der Waals surface area contributed by atoms with Gasteiger partial charge in [-0.1, -0.05) is 30.3 Å². The smallest absolute Gasteiger partial charge is 0.269 e. The Morgan fingerprint density at radius 2 is 1.56 bits per heavy atom. The minimum atomic E-state index is -0.487. The second kappa shape index (κ2) is 8.65. The summed E-state index contributed by atoms with van der Waals surface area (Å²) in [6.45, 7) is 1.43. The third kappa shape index (κ3) is 4.15. The highest BCUT2D eigenvalue weighted by Gasteiger charge is 2.21. The van der Waals surface area contributed by atoms with Gasteiger partial charge in [-0.2, -0.15) is 5.10 Å². The lowest BCUT2D eigenvalue weighted by Gasteiger charge is -2.09. The molecule has 0 unspecified atom stereocenters. The summed E-state index contributed by atoms with van der Waals surface area (Å²) in [6, 6.07) is 21.9. The Hall–Kier alpha value is -4.59. The van der Waals surface area contributed by atoms with Gasteiger partial charge in [-0.3, -0.25) is 19.7 Å². The summed E-state index contributed by atoms with van der Waals surface area (Å²) in [5.74, 6) is -0.620. The molecule has 0 saturated carbocycles. The van der Waals surface area contributed by atoms with E-state index < -0.39 is 10.8 Å². The Kier molecular flexibility index (Phi) is 5.59. The molecule has 1 heterocycles. The number of amides is 1. The molecule has 0 radical (unpaired) electrons. The molecule has 8 heteroatoms. The average molecular weight is 426 g/mol. The molecule has 4 rings (SSSR count). The van der Waals surface area contributed by atoms with E-state index >= 15 is 0 Å². The van der Waals surface area contributed by atoms with Gasteiger partial charge in [0.15, 0.2) is 5.78 Å². The zero-order chi connectivity index (χ0) is 22.7. The minimum Gasteiger partial charge on any atom is -0.321 e. The first-order valence-electron chi connectivity index (χ1n) is 9.75. The van der Waals surface area contributed by atoms with Crippen molar-refractivity contribution < 1.29 is 14.5 Å². The Balaban J connectivity index is 1.78. The van der Waals surface area contributed by atoms with Gasteiger partial charge in [-0.25, -0.2) is 4.68 Å². The summed E-state index contributed by atoms with van der Waals surface area (Å²) >= 11 is 0. The lowest BCUT2D eigenvalue weighted by molar-refractivity contribution is -0.384. The number of nitro groups is 1. The molecule has 0 aliphatic carbocycles. The maximum Gasteiger partial charge on any atom is 0.269 e. The summed E-state index contributed by atoms with van der Waals surface area (Å²) in [6.07, 6.45) is 1.60. The van der Waals surface area contributed by atoms with Gasteiger partial charge < -0.3 is 5.32 Å². The van der Waals surface area contributed by atoms with Crippen molar-refractivity contribution in [3.8, 4) is 16.9 Å². The molecular formula is C24H18N4O4. The first kappa shape index (κ1) is 20.7. The van der Waals surface area contributed by atoms with Crippen molar-refractivity contribution in [2.75, 3.05) is 5.32 Å². The summed E-state index contributed by atoms with van der Waals surface area (Å²) in [5.41, 5.74) is 2.66. The second-order valence-electron chi connectivity index (χ2n) is 7.03. The van der Waals surface area contributed by atoms with Crippen molar-refractivity contribution in [1.29, 1.82) is 0 Å². The van der Waals surface area contributed by atoms with Crippen LogP contribution < -0.4 is 5.32 Å². The number of benzene rings is 3. The van der Waals surface area contributed by atoms with E-state index in [1.807, 2.05) is 30.3 Å². The fraction of sp³-hybridized carbons (Fsp3) is 0.0417. The van der Waals surface area contributed by atoms with Crippen LogP contribution in [0.25, 0.3) is 16.9 Å². The number of ketones is 1. The standard InChI is InChI=1S/C24H18N4O4/c1-16(29)20-9-5-6-10-22(20)25-24(30)21-15-27(18-7-3-2-4-8-18)26-23(21)17-11-13-19(14-12-17)28(31)32/h2-15H,1H3,(H,25,30). The molecule has 4 aromatic rings. The predicted octanol–water partition coefficient (Wildman–Crippen LogP) is 4.90. The third-order valence-corrected chi connectivity index (χ3v) is 4.89. The number of carbonyl (C=O) groups excluding carboxylic acids is 2. The van der Waals surface area contributed by atoms with Crippen LogP contribution in [0.1, 0.15) is 27.6 Å². The Bertz CT molecular complexity index is 1310. The molecule has 1 aromatic heterocycles. The SMILES string of the molecule is CC(=O)c1ccccc1NC(=O)c1cn(-c2ccccc2)nc1-c1ccc([N+](=O)[O-])cc1. The highest BCUT2D eigenvalue weighted by atomic mass is 16.6. The Morgan fingerprint density at radius 3 is 2.22 bits per heavy atom. The lowest BCUT2D eigenvalue weighted by atomic mass is 10.1. The van der Waals surface area contributed by atoms with Crippen molar-refractivity contribution in [3.63, 3.8) is 0 Å². The van der Waals surface area contributed by atoms with Gasteiger partial charge in [-0.05, 0) is 43.3 Å². The number of hydrogen-bond acceptors (Lipinski definition) is 5. The number of hydrogen-bond donors (Lipinski definition) is 1. The summed E-state index contributed by atoms with van der Waals surface area (Å²) in [4.78, 5) is 35.7.